The molecule has 1 atom stereocenters. The lowest BCUT2D eigenvalue weighted by Crippen LogP contribution is -2.52. The minimum atomic E-state index is -3.87. The van der Waals surface area contributed by atoms with E-state index in [0.717, 1.165) is 0 Å². The number of morpholine rings is 1. The van der Waals surface area contributed by atoms with Crippen LogP contribution in [0.15, 0.2) is 23.1 Å². The monoisotopic (exact) mass is 384 g/mol. The third-order valence-corrected chi connectivity index (χ3v) is 5.75. The van der Waals surface area contributed by atoms with E-state index < -0.39 is 16.1 Å². The number of hydrogen-bond acceptors (Lipinski definition) is 6. The molecule has 26 heavy (non-hydrogen) atoms. The van der Waals surface area contributed by atoms with Crippen molar-refractivity contribution in [3.63, 3.8) is 0 Å². The van der Waals surface area contributed by atoms with Gasteiger partial charge >= 0.3 is 0 Å². The number of benzene rings is 1. The van der Waals surface area contributed by atoms with Gasteiger partial charge in [0.1, 0.15) is 6.04 Å². The van der Waals surface area contributed by atoms with Crippen LogP contribution in [-0.2, 0) is 19.6 Å². The number of carbonyl (C=O) groups excluding carboxylic acids is 1. The Labute approximate surface area is 153 Å². The van der Waals surface area contributed by atoms with Crippen LogP contribution in [0, 0.1) is 5.92 Å². The average molecular weight is 384 g/mol. The van der Waals surface area contributed by atoms with Crippen molar-refractivity contribution in [1.82, 2.24) is 9.62 Å². The summed E-state index contributed by atoms with van der Waals surface area (Å²) in [5.74, 6) is 0.829. The molecule has 2 heterocycles. The van der Waals surface area contributed by atoms with Gasteiger partial charge in [0.25, 0.3) is 0 Å². The lowest BCUT2D eigenvalue weighted by molar-refractivity contribution is -0.137. The predicted octanol–water partition coefficient (Wildman–Crippen LogP) is 0.967. The molecule has 1 amide bonds. The Morgan fingerprint density at radius 1 is 1.19 bits per heavy atom. The number of carbonyl (C=O) groups is 1. The van der Waals surface area contributed by atoms with E-state index in [2.05, 4.69) is 4.72 Å². The molecule has 0 radical (unpaired) electrons. The predicted molar refractivity (Wildman–Crippen MR) is 93.5 cm³/mol. The van der Waals surface area contributed by atoms with Crippen molar-refractivity contribution in [2.75, 3.05) is 33.1 Å². The standard InChI is InChI=1S/C17H24N2O6S/c1-12(2)9-14(17(20)19-5-7-23-8-6-19)18-26(21,22)13-3-4-15-16(10-13)25-11-24-15/h3-4,10,12,14,18H,5-9,11H2,1-2H3/t14-/m1/s1. The van der Waals surface area contributed by atoms with E-state index in [9.17, 15) is 13.2 Å². The molecule has 1 N–H and O–H groups in total. The highest BCUT2D eigenvalue weighted by atomic mass is 32.2. The average Bonchev–Trinajstić information content (AvgIpc) is 3.08. The largest absolute Gasteiger partial charge is 0.454 e. The summed E-state index contributed by atoms with van der Waals surface area (Å²) >= 11 is 0. The SMILES string of the molecule is CC(C)C[C@@H](NS(=O)(=O)c1ccc2c(c1)OCO2)C(=O)N1CCOCC1. The number of sulfonamides is 1. The summed E-state index contributed by atoms with van der Waals surface area (Å²) in [6.45, 7) is 5.85. The minimum absolute atomic E-state index is 0.0466. The van der Waals surface area contributed by atoms with Gasteiger partial charge in [-0.1, -0.05) is 13.8 Å². The smallest absolute Gasteiger partial charge is 0.241 e. The third-order valence-electron chi connectivity index (χ3n) is 4.28. The number of fused-ring (bicyclic) bond motifs is 1. The second-order valence-corrected chi connectivity index (χ2v) is 8.47. The summed E-state index contributed by atoms with van der Waals surface area (Å²) in [4.78, 5) is 14.5. The van der Waals surface area contributed by atoms with E-state index >= 15 is 0 Å². The van der Waals surface area contributed by atoms with Crippen LogP contribution in [0.5, 0.6) is 11.5 Å². The molecule has 8 nitrogen and oxygen atoms in total. The second kappa shape index (κ2) is 7.81. The van der Waals surface area contributed by atoms with Crippen molar-refractivity contribution in [1.29, 1.82) is 0 Å². The number of rotatable bonds is 6. The Morgan fingerprint density at radius 3 is 2.58 bits per heavy atom. The van der Waals surface area contributed by atoms with Gasteiger partial charge in [-0.25, -0.2) is 8.42 Å². The minimum Gasteiger partial charge on any atom is -0.454 e. The van der Waals surface area contributed by atoms with E-state index in [1.807, 2.05) is 13.8 Å². The highest BCUT2D eigenvalue weighted by molar-refractivity contribution is 7.89. The van der Waals surface area contributed by atoms with Crippen molar-refractivity contribution in [2.45, 2.75) is 31.2 Å². The highest BCUT2D eigenvalue weighted by Crippen LogP contribution is 2.33. The topological polar surface area (TPSA) is 94.2 Å². The lowest BCUT2D eigenvalue weighted by Gasteiger charge is -2.31. The molecule has 1 saturated heterocycles. The van der Waals surface area contributed by atoms with E-state index in [4.69, 9.17) is 14.2 Å². The fourth-order valence-corrected chi connectivity index (χ4v) is 4.19. The summed E-state index contributed by atoms with van der Waals surface area (Å²) in [5.41, 5.74) is 0. The van der Waals surface area contributed by atoms with Gasteiger partial charge in [-0.15, -0.1) is 0 Å². The van der Waals surface area contributed by atoms with E-state index in [0.29, 0.717) is 44.2 Å². The first-order chi connectivity index (χ1) is 12.4. The van der Waals surface area contributed by atoms with Crippen molar-refractivity contribution < 1.29 is 27.4 Å². The molecular weight excluding hydrogens is 360 g/mol. The molecule has 1 aromatic carbocycles. The van der Waals surface area contributed by atoms with Crippen LogP contribution in [0.3, 0.4) is 0 Å². The molecule has 0 unspecified atom stereocenters. The van der Waals surface area contributed by atoms with Crippen LogP contribution in [0.4, 0.5) is 0 Å². The Kier molecular flexibility index (Phi) is 5.69. The van der Waals surface area contributed by atoms with Crippen molar-refractivity contribution >= 4 is 15.9 Å². The van der Waals surface area contributed by atoms with Gasteiger partial charge in [0.2, 0.25) is 22.7 Å². The summed E-state index contributed by atoms with van der Waals surface area (Å²) in [6.07, 6.45) is 0.417. The first-order valence-electron chi connectivity index (χ1n) is 8.65. The Bertz CT molecular complexity index is 759. The molecule has 3 rings (SSSR count). The maximum absolute atomic E-state index is 12.8. The van der Waals surface area contributed by atoms with Gasteiger partial charge < -0.3 is 19.1 Å². The zero-order valence-electron chi connectivity index (χ0n) is 14.9. The van der Waals surface area contributed by atoms with E-state index in [1.165, 1.54) is 12.1 Å². The number of ether oxygens (including phenoxy) is 3. The van der Waals surface area contributed by atoms with Gasteiger partial charge in [0.15, 0.2) is 11.5 Å². The molecule has 0 aromatic heterocycles. The first kappa shape index (κ1) is 18.9. The molecule has 0 bridgehead atoms. The molecule has 2 aliphatic rings. The summed E-state index contributed by atoms with van der Waals surface area (Å²) < 4.78 is 43.9. The molecular formula is C17H24N2O6S. The van der Waals surface area contributed by atoms with Gasteiger partial charge in [0, 0.05) is 19.2 Å². The molecule has 0 aliphatic carbocycles. The van der Waals surface area contributed by atoms with Crippen LogP contribution < -0.4 is 14.2 Å². The Morgan fingerprint density at radius 2 is 1.88 bits per heavy atom. The normalized spacial score (nSPS) is 18.2. The van der Waals surface area contributed by atoms with Crippen LogP contribution in [0.2, 0.25) is 0 Å². The van der Waals surface area contributed by atoms with Gasteiger partial charge in [-0.2, -0.15) is 4.72 Å². The molecule has 144 valence electrons. The molecule has 0 saturated carbocycles. The van der Waals surface area contributed by atoms with Crippen molar-refractivity contribution in [2.24, 2.45) is 5.92 Å². The molecule has 2 aliphatic heterocycles. The summed E-state index contributed by atoms with van der Waals surface area (Å²) in [5, 5.41) is 0. The van der Waals surface area contributed by atoms with Crippen molar-refractivity contribution in [3.8, 4) is 11.5 Å². The number of nitrogens with one attached hydrogen (secondary N) is 1. The maximum atomic E-state index is 12.8. The van der Waals surface area contributed by atoms with Crippen LogP contribution in [0.1, 0.15) is 20.3 Å². The van der Waals surface area contributed by atoms with Gasteiger partial charge in [-0.3, -0.25) is 4.79 Å². The quantitative estimate of drug-likeness (QED) is 0.785. The fourth-order valence-electron chi connectivity index (χ4n) is 2.97. The zero-order chi connectivity index (χ0) is 18.7. The van der Waals surface area contributed by atoms with Crippen LogP contribution >= 0.6 is 0 Å². The van der Waals surface area contributed by atoms with Crippen molar-refractivity contribution in [3.05, 3.63) is 18.2 Å². The first-order valence-corrected chi connectivity index (χ1v) is 10.1. The molecule has 9 heteroatoms. The fraction of sp³-hybridized carbons (Fsp3) is 0.588. The molecule has 1 fully saturated rings. The lowest BCUT2D eigenvalue weighted by atomic mass is 10.0. The number of amides is 1. The summed E-state index contributed by atoms with van der Waals surface area (Å²) in [7, 11) is -3.87. The molecule has 1 aromatic rings. The summed E-state index contributed by atoms with van der Waals surface area (Å²) in [6, 6.07) is 3.60. The Balaban J connectivity index is 1.79. The maximum Gasteiger partial charge on any atom is 0.241 e. The second-order valence-electron chi connectivity index (χ2n) is 6.76. The number of hydrogen-bond donors (Lipinski definition) is 1. The Hall–Kier alpha value is -1.84. The van der Waals surface area contributed by atoms with Crippen LogP contribution in [-0.4, -0.2) is 58.4 Å². The molecule has 0 spiro atoms. The van der Waals surface area contributed by atoms with E-state index in [1.54, 1.807) is 11.0 Å². The van der Waals surface area contributed by atoms with Gasteiger partial charge in [0.05, 0.1) is 18.1 Å². The van der Waals surface area contributed by atoms with Crippen LogP contribution in [0.25, 0.3) is 0 Å². The highest BCUT2D eigenvalue weighted by Gasteiger charge is 2.31. The number of nitrogens with zero attached hydrogens (tertiary/aromatic N) is 1. The zero-order valence-corrected chi connectivity index (χ0v) is 15.8. The van der Waals surface area contributed by atoms with Gasteiger partial charge in [-0.05, 0) is 24.5 Å². The van der Waals surface area contributed by atoms with E-state index in [-0.39, 0.29) is 23.5 Å². The third kappa shape index (κ3) is 4.28.